The molecule has 0 saturated carbocycles. The van der Waals surface area contributed by atoms with Crippen LogP contribution < -0.4 is 10.9 Å². The number of aromatic nitrogens is 2. The van der Waals surface area contributed by atoms with Crippen LogP contribution in [-0.2, 0) is 6.54 Å². The molecule has 24 heavy (non-hydrogen) atoms. The molecule has 0 aliphatic heterocycles. The van der Waals surface area contributed by atoms with Crippen LogP contribution in [0.25, 0.3) is 11.5 Å². The summed E-state index contributed by atoms with van der Waals surface area (Å²) in [5.74, 6) is 0.418. The zero-order valence-corrected chi connectivity index (χ0v) is 13.2. The number of nitrogens with one attached hydrogen (secondary N) is 1. The number of rotatable bonds is 5. The maximum Gasteiger partial charge on any atom is 0.266 e. The Labute approximate surface area is 138 Å². The standard InChI is InChI=1S/C18H17N3O3/c1-13-4-2-5-14(12-13)18(23)19-9-10-21-17(22)8-7-15(20-21)16-6-3-11-24-16/h2-8,11-12H,9-10H2,1H3,(H,19,23). The van der Waals surface area contributed by atoms with Gasteiger partial charge in [-0.05, 0) is 37.3 Å². The van der Waals surface area contributed by atoms with E-state index in [-0.39, 0.29) is 18.0 Å². The van der Waals surface area contributed by atoms with Gasteiger partial charge in [-0.3, -0.25) is 9.59 Å². The molecule has 6 nitrogen and oxygen atoms in total. The molecule has 2 heterocycles. The predicted molar refractivity (Wildman–Crippen MR) is 89.7 cm³/mol. The van der Waals surface area contributed by atoms with Gasteiger partial charge in [0.25, 0.3) is 11.5 Å². The van der Waals surface area contributed by atoms with Crippen molar-refractivity contribution in [2.75, 3.05) is 6.54 Å². The van der Waals surface area contributed by atoms with E-state index < -0.39 is 0 Å². The molecular formula is C18H17N3O3. The van der Waals surface area contributed by atoms with Gasteiger partial charge >= 0.3 is 0 Å². The molecule has 0 bridgehead atoms. The Balaban J connectivity index is 1.65. The summed E-state index contributed by atoms with van der Waals surface area (Å²) in [6, 6.07) is 13.9. The minimum absolute atomic E-state index is 0.172. The lowest BCUT2D eigenvalue weighted by Gasteiger charge is -2.08. The molecule has 0 aliphatic carbocycles. The van der Waals surface area contributed by atoms with Crippen molar-refractivity contribution in [1.82, 2.24) is 15.1 Å². The zero-order chi connectivity index (χ0) is 16.9. The van der Waals surface area contributed by atoms with E-state index in [2.05, 4.69) is 10.4 Å². The van der Waals surface area contributed by atoms with Crippen LogP contribution in [0.1, 0.15) is 15.9 Å². The fourth-order valence-corrected chi connectivity index (χ4v) is 2.33. The van der Waals surface area contributed by atoms with Crippen molar-refractivity contribution >= 4 is 5.91 Å². The smallest absolute Gasteiger partial charge is 0.266 e. The third-order valence-corrected chi connectivity index (χ3v) is 3.53. The second-order valence-corrected chi connectivity index (χ2v) is 5.38. The third-order valence-electron chi connectivity index (χ3n) is 3.53. The Hall–Kier alpha value is -3.15. The van der Waals surface area contributed by atoms with Crippen LogP contribution in [0, 0.1) is 6.92 Å². The number of amides is 1. The average molecular weight is 323 g/mol. The minimum atomic E-state index is -0.227. The average Bonchev–Trinajstić information content (AvgIpc) is 3.11. The molecule has 1 amide bonds. The SMILES string of the molecule is Cc1cccc(C(=O)NCCn2nc(-c3ccco3)ccc2=O)c1. The van der Waals surface area contributed by atoms with E-state index in [9.17, 15) is 9.59 Å². The summed E-state index contributed by atoms with van der Waals surface area (Å²) in [5, 5.41) is 7.05. The van der Waals surface area contributed by atoms with Crippen LogP contribution >= 0.6 is 0 Å². The largest absolute Gasteiger partial charge is 0.463 e. The number of aryl methyl sites for hydroxylation is 1. The molecule has 0 spiro atoms. The molecule has 2 aromatic heterocycles. The first kappa shape index (κ1) is 15.7. The predicted octanol–water partition coefficient (Wildman–Crippen LogP) is 2.24. The maximum atomic E-state index is 12.1. The van der Waals surface area contributed by atoms with Crippen molar-refractivity contribution in [3.8, 4) is 11.5 Å². The molecule has 3 aromatic rings. The quantitative estimate of drug-likeness (QED) is 0.781. The lowest BCUT2D eigenvalue weighted by Crippen LogP contribution is -2.31. The Morgan fingerprint density at radius 2 is 2.08 bits per heavy atom. The zero-order valence-electron chi connectivity index (χ0n) is 13.2. The minimum Gasteiger partial charge on any atom is -0.463 e. The highest BCUT2D eigenvalue weighted by atomic mass is 16.3. The fourth-order valence-electron chi connectivity index (χ4n) is 2.33. The van der Waals surface area contributed by atoms with Gasteiger partial charge in [-0.1, -0.05) is 17.7 Å². The third kappa shape index (κ3) is 3.60. The van der Waals surface area contributed by atoms with Gasteiger partial charge in [-0.25, -0.2) is 4.68 Å². The highest BCUT2D eigenvalue weighted by Gasteiger charge is 2.07. The number of carbonyl (C=O) groups excluding carboxylic acids is 1. The lowest BCUT2D eigenvalue weighted by molar-refractivity contribution is 0.0951. The van der Waals surface area contributed by atoms with Crippen LogP contribution in [0.2, 0.25) is 0 Å². The first-order valence-corrected chi connectivity index (χ1v) is 7.60. The van der Waals surface area contributed by atoms with Crippen LogP contribution in [0.3, 0.4) is 0 Å². The van der Waals surface area contributed by atoms with E-state index >= 15 is 0 Å². The van der Waals surface area contributed by atoms with Crippen molar-refractivity contribution in [1.29, 1.82) is 0 Å². The number of carbonyl (C=O) groups is 1. The van der Waals surface area contributed by atoms with E-state index in [1.54, 1.807) is 30.5 Å². The number of hydrogen-bond acceptors (Lipinski definition) is 4. The molecule has 0 fully saturated rings. The normalized spacial score (nSPS) is 10.5. The second-order valence-electron chi connectivity index (χ2n) is 5.38. The van der Waals surface area contributed by atoms with Crippen molar-refractivity contribution in [2.45, 2.75) is 13.5 Å². The second kappa shape index (κ2) is 6.95. The molecule has 0 saturated heterocycles. The first-order valence-electron chi connectivity index (χ1n) is 7.60. The summed E-state index contributed by atoms with van der Waals surface area (Å²) in [6.07, 6.45) is 1.55. The van der Waals surface area contributed by atoms with Crippen molar-refractivity contribution in [3.63, 3.8) is 0 Å². The number of nitrogens with zero attached hydrogens (tertiary/aromatic N) is 2. The van der Waals surface area contributed by atoms with Gasteiger partial charge in [-0.15, -0.1) is 0 Å². The maximum absolute atomic E-state index is 12.1. The molecule has 0 radical (unpaired) electrons. The number of hydrogen-bond donors (Lipinski definition) is 1. The molecule has 3 rings (SSSR count). The molecule has 1 N–H and O–H groups in total. The van der Waals surface area contributed by atoms with Gasteiger partial charge < -0.3 is 9.73 Å². The monoisotopic (exact) mass is 323 g/mol. The van der Waals surface area contributed by atoms with E-state index in [1.165, 1.54) is 10.7 Å². The molecule has 0 aliphatic rings. The Bertz CT molecular complexity index is 898. The van der Waals surface area contributed by atoms with Gasteiger partial charge in [0.15, 0.2) is 5.76 Å². The van der Waals surface area contributed by atoms with Gasteiger partial charge in [0, 0.05) is 18.2 Å². The molecular weight excluding hydrogens is 306 g/mol. The summed E-state index contributed by atoms with van der Waals surface area (Å²) >= 11 is 0. The first-order chi connectivity index (χ1) is 11.6. The summed E-state index contributed by atoms with van der Waals surface area (Å²) < 4.78 is 6.59. The molecule has 0 unspecified atom stereocenters. The number of furan rings is 1. The van der Waals surface area contributed by atoms with Crippen molar-refractivity contribution in [3.05, 3.63) is 76.3 Å². The van der Waals surface area contributed by atoms with E-state index in [0.29, 0.717) is 23.6 Å². The molecule has 122 valence electrons. The van der Waals surface area contributed by atoms with Crippen LogP contribution in [0.15, 0.2) is 64.0 Å². The molecule has 1 aromatic carbocycles. The Kier molecular flexibility index (Phi) is 4.56. The topological polar surface area (TPSA) is 77.1 Å². The molecule has 6 heteroatoms. The molecule has 0 atom stereocenters. The Morgan fingerprint density at radius 3 is 2.83 bits per heavy atom. The van der Waals surface area contributed by atoms with Crippen LogP contribution in [-0.4, -0.2) is 22.2 Å². The van der Waals surface area contributed by atoms with Crippen molar-refractivity contribution in [2.24, 2.45) is 0 Å². The highest BCUT2D eigenvalue weighted by Crippen LogP contribution is 2.14. The van der Waals surface area contributed by atoms with Gasteiger partial charge in [-0.2, -0.15) is 5.10 Å². The summed E-state index contributed by atoms with van der Waals surface area (Å²) in [4.78, 5) is 24.0. The van der Waals surface area contributed by atoms with E-state index in [1.807, 2.05) is 25.1 Å². The number of benzene rings is 1. The van der Waals surface area contributed by atoms with E-state index in [0.717, 1.165) is 5.56 Å². The van der Waals surface area contributed by atoms with Gasteiger partial charge in [0.2, 0.25) is 0 Å². The van der Waals surface area contributed by atoms with Crippen molar-refractivity contribution < 1.29 is 9.21 Å². The van der Waals surface area contributed by atoms with Crippen LogP contribution in [0.5, 0.6) is 0 Å². The fraction of sp³-hybridized carbons (Fsp3) is 0.167. The summed E-state index contributed by atoms with van der Waals surface area (Å²) in [6.45, 7) is 2.52. The lowest BCUT2D eigenvalue weighted by atomic mass is 10.1. The van der Waals surface area contributed by atoms with Crippen LogP contribution in [0.4, 0.5) is 0 Å². The summed E-state index contributed by atoms with van der Waals surface area (Å²) in [5.41, 5.74) is 1.96. The summed E-state index contributed by atoms with van der Waals surface area (Å²) in [7, 11) is 0. The Morgan fingerprint density at radius 1 is 1.21 bits per heavy atom. The van der Waals surface area contributed by atoms with Gasteiger partial charge in [0.1, 0.15) is 5.69 Å². The van der Waals surface area contributed by atoms with Gasteiger partial charge in [0.05, 0.1) is 12.8 Å². The highest BCUT2D eigenvalue weighted by molar-refractivity contribution is 5.94. The van der Waals surface area contributed by atoms with E-state index in [4.69, 9.17) is 4.42 Å².